The first-order valence-electron chi connectivity index (χ1n) is 8.06. The van der Waals surface area contributed by atoms with Crippen LogP contribution in [-0.4, -0.2) is 68.4 Å². The molecule has 0 aliphatic carbocycles. The zero-order valence-electron chi connectivity index (χ0n) is 13.1. The number of ether oxygens (including phenoxy) is 2. The average Bonchev–Trinajstić information content (AvgIpc) is 3.20. The number of hydrogen-bond donors (Lipinski definition) is 0. The van der Waals surface area contributed by atoms with E-state index in [0.717, 1.165) is 59.1 Å². The lowest BCUT2D eigenvalue weighted by molar-refractivity contribution is 0.0267. The normalized spacial score (nSPS) is 22.9. The second kappa shape index (κ2) is 9.85. The van der Waals surface area contributed by atoms with Gasteiger partial charge < -0.3 is 9.47 Å². The Morgan fingerprint density at radius 3 is 2.82 bits per heavy atom. The van der Waals surface area contributed by atoms with E-state index in [1.807, 2.05) is 11.3 Å². The largest absolute Gasteiger partial charge is 0.379 e. The Kier molecular flexibility index (Phi) is 8.14. The highest BCUT2D eigenvalue weighted by Crippen LogP contribution is 2.17. The van der Waals surface area contributed by atoms with Gasteiger partial charge in [-0.05, 0) is 24.3 Å². The van der Waals surface area contributed by atoms with Crippen LogP contribution in [0, 0.1) is 0 Å². The summed E-state index contributed by atoms with van der Waals surface area (Å²) in [4.78, 5) is 6.53. The van der Waals surface area contributed by atoms with Crippen molar-refractivity contribution in [2.75, 3.05) is 52.5 Å². The van der Waals surface area contributed by atoms with Crippen LogP contribution in [0.4, 0.5) is 0 Å². The Bertz CT molecular complexity index is 393. The van der Waals surface area contributed by atoms with Crippen molar-refractivity contribution in [1.82, 2.24) is 9.80 Å². The van der Waals surface area contributed by atoms with Gasteiger partial charge in [0.2, 0.25) is 0 Å². The van der Waals surface area contributed by atoms with Crippen LogP contribution in [0.15, 0.2) is 17.5 Å². The summed E-state index contributed by atoms with van der Waals surface area (Å²) >= 11 is 1.85. The molecule has 3 rings (SSSR count). The molecule has 2 aliphatic heterocycles. The van der Waals surface area contributed by atoms with Crippen molar-refractivity contribution in [2.45, 2.75) is 25.5 Å². The standard InChI is InChI=1S/C16H26N2O2S.ClH/c1-3-15(20-9-1)13-18(14-16-4-2-12-21-16)6-5-17-7-10-19-11-8-17;/h2,4,12,15H,1,3,5-11,13-14H2;1H. The summed E-state index contributed by atoms with van der Waals surface area (Å²) in [6.45, 7) is 9.26. The molecule has 2 fully saturated rings. The van der Waals surface area contributed by atoms with Gasteiger partial charge in [-0.1, -0.05) is 6.07 Å². The molecule has 0 bridgehead atoms. The fraction of sp³-hybridized carbons (Fsp3) is 0.750. The Balaban J connectivity index is 0.00000176. The highest BCUT2D eigenvalue weighted by atomic mass is 35.5. The summed E-state index contributed by atoms with van der Waals surface area (Å²) in [5.74, 6) is 0. The molecule has 0 amide bonds. The maximum atomic E-state index is 5.82. The topological polar surface area (TPSA) is 24.9 Å². The molecule has 6 heteroatoms. The van der Waals surface area contributed by atoms with Crippen LogP contribution in [0.25, 0.3) is 0 Å². The predicted molar refractivity (Wildman–Crippen MR) is 93.1 cm³/mol. The van der Waals surface area contributed by atoms with Crippen LogP contribution < -0.4 is 0 Å². The quantitative estimate of drug-likeness (QED) is 0.757. The number of hydrogen-bond acceptors (Lipinski definition) is 5. The van der Waals surface area contributed by atoms with Gasteiger partial charge in [0.15, 0.2) is 0 Å². The van der Waals surface area contributed by atoms with E-state index in [2.05, 4.69) is 27.3 Å². The van der Waals surface area contributed by atoms with E-state index in [1.54, 1.807) is 0 Å². The molecule has 1 aromatic rings. The first-order chi connectivity index (χ1) is 10.4. The number of thiophene rings is 1. The van der Waals surface area contributed by atoms with E-state index in [9.17, 15) is 0 Å². The van der Waals surface area contributed by atoms with Gasteiger partial charge in [-0.25, -0.2) is 0 Å². The maximum Gasteiger partial charge on any atom is 0.0702 e. The van der Waals surface area contributed by atoms with Crippen molar-refractivity contribution >= 4 is 23.7 Å². The van der Waals surface area contributed by atoms with Crippen LogP contribution in [0.5, 0.6) is 0 Å². The molecule has 0 saturated carbocycles. The SMILES string of the molecule is Cl.c1csc(CN(CCN2CCOCC2)CC2CCCO2)c1. The molecule has 2 aliphatic rings. The first-order valence-corrected chi connectivity index (χ1v) is 8.94. The molecule has 22 heavy (non-hydrogen) atoms. The third kappa shape index (κ3) is 5.80. The van der Waals surface area contributed by atoms with Crippen molar-refractivity contribution in [3.05, 3.63) is 22.4 Å². The lowest BCUT2D eigenvalue weighted by Gasteiger charge is -2.30. The molecule has 3 heterocycles. The van der Waals surface area contributed by atoms with Crippen LogP contribution in [0.3, 0.4) is 0 Å². The second-order valence-electron chi connectivity index (χ2n) is 5.90. The lowest BCUT2D eigenvalue weighted by atomic mass is 10.2. The van der Waals surface area contributed by atoms with Crippen molar-refractivity contribution in [2.24, 2.45) is 0 Å². The average molecular weight is 347 g/mol. The van der Waals surface area contributed by atoms with Gasteiger partial charge in [-0.15, -0.1) is 23.7 Å². The highest BCUT2D eigenvalue weighted by Gasteiger charge is 2.20. The fourth-order valence-corrected chi connectivity index (χ4v) is 3.79. The molecule has 1 aromatic heterocycles. The van der Waals surface area contributed by atoms with E-state index in [-0.39, 0.29) is 12.4 Å². The Hall–Kier alpha value is -0.170. The number of rotatable bonds is 7. The minimum absolute atomic E-state index is 0. The molecule has 4 nitrogen and oxygen atoms in total. The van der Waals surface area contributed by atoms with Gasteiger partial charge in [0.1, 0.15) is 0 Å². The van der Waals surface area contributed by atoms with Gasteiger partial charge in [-0.3, -0.25) is 9.80 Å². The zero-order chi connectivity index (χ0) is 14.3. The minimum Gasteiger partial charge on any atom is -0.379 e. The molecular weight excluding hydrogens is 320 g/mol. The lowest BCUT2D eigenvalue weighted by Crippen LogP contribution is -2.42. The summed E-state index contributed by atoms with van der Waals surface area (Å²) in [5.41, 5.74) is 0. The van der Waals surface area contributed by atoms with Crippen molar-refractivity contribution < 1.29 is 9.47 Å². The summed E-state index contributed by atoms with van der Waals surface area (Å²) in [6.07, 6.45) is 2.88. The van der Waals surface area contributed by atoms with Crippen molar-refractivity contribution in [3.63, 3.8) is 0 Å². The van der Waals surface area contributed by atoms with E-state index in [4.69, 9.17) is 9.47 Å². The molecule has 0 spiro atoms. The Morgan fingerprint density at radius 1 is 1.27 bits per heavy atom. The van der Waals surface area contributed by atoms with E-state index < -0.39 is 0 Å². The molecule has 0 aromatic carbocycles. The Morgan fingerprint density at radius 2 is 2.14 bits per heavy atom. The number of halogens is 1. The van der Waals surface area contributed by atoms with E-state index in [0.29, 0.717) is 6.10 Å². The monoisotopic (exact) mass is 346 g/mol. The van der Waals surface area contributed by atoms with Crippen molar-refractivity contribution in [3.8, 4) is 0 Å². The first kappa shape index (κ1) is 18.2. The Labute approximate surface area is 143 Å². The minimum atomic E-state index is 0. The second-order valence-corrected chi connectivity index (χ2v) is 6.94. The van der Waals surface area contributed by atoms with Gasteiger partial charge >= 0.3 is 0 Å². The molecule has 0 N–H and O–H groups in total. The van der Waals surface area contributed by atoms with Crippen LogP contribution in [-0.2, 0) is 16.0 Å². The maximum absolute atomic E-state index is 5.82. The molecular formula is C16H27ClN2O2S. The fourth-order valence-electron chi connectivity index (χ4n) is 3.04. The van der Waals surface area contributed by atoms with Crippen molar-refractivity contribution in [1.29, 1.82) is 0 Å². The molecule has 2 saturated heterocycles. The van der Waals surface area contributed by atoms with Crippen LogP contribution in [0.2, 0.25) is 0 Å². The van der Waals surface area contributed by atoms with E-state index in [1.165, 1.54) is 17.7 Å². The van der Waals surface area contributed by atoms with Gasteiger partial charge in [-0.2, -0.15) is 0 Å². The summed E-state index contributed by atoms with van der Waals surface area (Å²) in [5, 5.41) is 2.17. The number of nitrogens with zero attached hydrogens (tertiary/aromatic N) is 2. The third-order valence-electron chi connectivity index (χ3n) is 4.28. The predicted octanol–water partition coefficient (Wildman–Crippen LogP) is 2.48. The molecule has 1 atom stereocenters. The molecule has 1 unspecified atom stereocenters. The summed E-state index contributed by atoms with van der Waals surface area (Å²) in [6, 6.07) is 4.38. The highest BCUT2D eigenvalue weighted by molar-refractivity contribution is 7.09. The third-order valence-corrected chi connectivity index (χ3v) is 5.14. The van der Waals surface area contributed by atoms with Crippen LogP contribution >= 0.6 is 23.7 Å². The summed E-state index contributed by atoms with van der Waals surface area (Å²) < 4.78 is 11.2. The van der Waals surface area contributed by atoms with E-state index >= 15 is 0 Å². The molecule has 126 valence electrons. The van der Waals surface area contributed by atoms with Gasteiger partial charge in [0.25, 0.3) is 0 Å². The smallest absolute Gasteiger partial charge is 0.0702 e. The van der Waals surface area contributed by atoms with Gasteiger partial charge in [0, 0.05) is 50.8 Å². The summed E-state index contributed by atoms with van der Waals surface area (Å²) in [7, 11) is 0. The van der Waals surface area contributed by atoms with Crippen LogP contribution in [0.1, 0.15) is 17.7 Å². The number of morpholine rings is 1. The zero-order valence-corrected chi connectivity index (χ0v) is 14.7. The van der Waals surface area contributed by atoms with Gasteiger partial charge in [0.05, 0.1) is 19.3 Å². The molecule has 0 radical (unpaired) electrons.